The summed E-state index contributed by atoms with van der Waals surface area (Å²) in [6.45, 7) is 15.9. The standard InChI is InChI=1S/C27H30N2O2/c1-17-13-22-23(27(5,6)12-11-26(22,3)4)14-21(17)18(2)20-9-7-19(8-10-20)16-29-24(30)15-28-25(29)31/h7-15,30H,2,16H2,1,3-6H3,(H,28,31). The van der Waals surface area contributed by atoms with Crippen molar-refractivity contribution in [2.24, 2.45) is 0 Å². The average molecular weight is 415 g/mol. The molecule has 1 heterocycles. The van der Waals surface area contributed by atoms with E-state index in [-0.39, 0.29) is 22.4 Å². The van der Waals surface area contributed by atoms with E-state index in [1.807, 2.05) is 24.3 Å². The van der Waals surface area contributed by atoms with Crippen molar-refractivity contribution in [2.45, 2.75) is 52.0 Å². The maximum Gasteiger partial charge on any atom is 0.328 e. The van der Waals surface area contributed by atoms with Crippen molar-refractivity contribution in [3.8, 4) is 5.88 Å². The number of imidazole rings is 1. The molecule has 4 heteroatoms. The number of hydrogen-bond donors (Lipinski definition) is 2. The van der Waals surface area contributed by atoms with Crippen LogP contribution in [0.15, 0.2) is 66.1 Å². The minimum absolute atomic E-state index is 0.0129. The molecular weight excluding hydrogens is 384 g/mol. The van der Waals surface area contributed by atoms with Crippen LogP contribution in [-0.2, 0) is 17.4 Å². The third-order valence-electron chi connectivity index (χ3n) is 6.48. The van der Waals surface area contributed by atoms with Crippen LogP contribution in [-0.4, -0.2) is 14.7 Å². The molecule has 1 aliphatic rings. The summed E-state index contributed by atoms with van der Waals surface area (Å²) in [6, 6.07) is 12.6. The molecule has 31 heavy (non-hydrogen) atoms. The second-order valence-corrected chi connectivity index (χ2v) is 9.70. The Morgan fingerprint density at radius 2 is 1.61 bits per heavy atom. The first kappa shape index (κ1) is 21.0. The summed E-state index contributed by atoms with van der Waals surface area (Å²) in [5.74, 6) is -0.0669. The minimum Gasteiger partial charge on any atom is -0.493 e. The first-order valence-corrected chi connectivity index (χ1v) is 10.6. The Hall–Kier alpha value is -3.27. The number of benzene rings is 2. The van der Waals surface area contributed by atoms with Gasteiger partial charge in [-0.25, -0.2) is 4.79 Å². The number of aromatic nitrogens is 2. The molecule has 4 nitrogen and oxygen atoms in total. The van der Waals surface area contributed by atoms with E-state index in [2.05, 4.69) is 70.5 Å². The molecule has 0 spiro atoms. The highest BCUT2D eigenvalue weighted by atomic mass is 16.3. The quantitative estimate of drug-likeness (QED) is 0.560. The maximum absolute atomic E-state index is 11.8. The predicted molar refractivity (Wildman–Crippen MR) is 127 cm³/mol. The molecule has 1 aromatic heterocycles. The van der Waals surface area contributed by atoms with Gasteiger partial charge in [-0.3, -0.25) is 4.57 Å². The lowest BCUT2D eigenvalue weighted by atomic mass is 9.67. The first-order chi connectivity index (χ1) is 14.5. The third-order valence-corrected chi connectivity index (χ3v) is 6.48. The molecule has 3 aromatic rings. The Kier molecular flexibility index (Phi) is 4.84. The van der Waals surface area contributed by atoms with Crippen molar-refractivity contribution in [1.82, 2.24) is 9.55 Å². The summed E-state index contributed by atoms with van der Waals surface area (Å²) in [6.07, 6.45) is 5.93. The van der Waals surface area contributed by atoms with Gasteiger partial charge in [0.15, 0.2) is 0 Å². The zero-order chi connectivity index (χ0) is 22.6. The van der Waals surface area contributed by atoms with Crippen LogP contribution < -0.4 is 5.69 Å². The van der Waals surface area contributed by atoms with Crippen LogP contribution in [0.4, 0.5) is 0 Å². The van der Waals surface area contributed by atoms with Gasteiger partial charge in [-0.1, -0.05) is 76.8 Å². The normalized spacial score (nSPS) is 16.2. The number of H-pyrrole nitrogens is 1. The highest BCUT2D eigenvalue weighted by Gasteiger charge is 2.33. The van der Waals surface area contributed by atoms with Gasteiger partial charge in [-0.05, 0) is 51.9 Å². The second-order valence-electron chi connectivity index (χ2n) is 9.70. The summed E-state index contributed by atoms with van der Waals surface area (Å²) in [4.78, 5) is 14.3. The summed E-state index contributed by atoms with van der Waals surface area (Å²) < 4.78 is 1.30. The summed E-state index contributed by atoms with van der Waals surface area (Å²) in [7, 11) is 0. The lowest BCUT2D eigenvalue weighted by Gasteiger charge is -2.37. The summed E-state index contributed by atoms with van der Waals surface area (Å²) >= 11 is 0. The Labute approximate surface area is 183 Å². The largest absolute Gasteiger partial charge is 0.493 e. The Morgan fingerprint density at radius 1 is 1.03 bits per heavy atom. The molecule has 0 saturated heterocycles. The van der Waals surface area contributed by atoms with Crippen LogP contribution in [0.5, 0.6) is 5.88 Å². The molecule has 160 valence electrons. The van der Waals surface area contributed by atoms with E-state index in [1.165, 1.54) is 27.5 Å². The van der Waals surface area contributed by atoms with Gasteiger partial charge in [0.25, 0.3) is 0 Å². The number of aryl methyl sites for hydroxylation is 1. The van der Waals surface area contributed by atoms with Crippen molar-refractivity contribution in [2.75, 3.05) is 0 Å². The number of hydrogen-bond acceptors (Lipinski definition) is 2. The van der Waals surface area contributed by atoms with E-state index in [4.69, 9.17) is 0 Å². The average Bonchev–Trinajstić information content (AvgIpc) is 3.03. The fourth-order valence-corrected chi connectivity index (χ4v) is 4.38. The molecule has 0 bridgehead atoms. The zero-order valence-corrected chi connectivity index (χ0v) is 18.9. The molecule has 4 rings (SSSR count). The van der Waals surface area contributed by atoms with E-state index >= 15 is 0 Å². The molecule has 2 aromatic carbocycles. The number of allylic oxidation sites excluding steroid dienone is 2. The highest BCUT2D eigenvalue weighted by Crippen LogP contribution is 2.43. The van der Waals surface area contributed by atoms with Gasteiger partial charge in [0.05, 0.1) is 12.7 Å². The molecular formula is C27H30N2O2. The van der Waals surface area contributed by atoms with Crippen LogP contribution >= 0.6 is 0 Å². The Bertz CT molecular complexity index is 1250. The molecule has 1 aliphatic carbocycles. The fourth-order valence-electron chi connectivity index (χ4n) is 4.38. The number of rotatable bonds is 4. The van der Waals surface area contributed by atoms with Crippen LogP contribution in [0, 0.1) is 6.92 Å². The van der Waals surface area contributed by atoms with Crippen molar-refractivity contribution >= 4 is 5.57 Å². The van der Waals surface area contributed by atoms with Gasteiger partial charge in [0.2, 0.25) is 5.88 Å². The molecule has 0 atom stereocenters. The van der Waals surface area contributed by atoms with Crippen molar-refractivity contribution < 1.29 is 5.11 Å². The number of aromatic amines is 1. The molecule has 0 radical (unpaired) electrons. The van der Waals surface area contributed by atoms with Gasteiger partial charge in [0, 0.05) is 10.8 Å². The Morgan fingerprint density at radius 3 is 2.16 bits per heavy atom. The second kappa shape index (κ2) is 7.16. The monoisotopic (exact) mass is 414 g/mol. The fraction of sp³-hybridized carbons (Fsp3) is 0.296. The lowest BCUT2D eigenvalue weighted by molar-refractivity contribution is 0.421. The number of fused-ring (bicyclic) bond motifs is 1. The van der Waals surface area contributed by atoms with Gasteiger partial charge in [-0.15, -0.1) is 0 Å². The van der Waals surface area contributed by atoms with Crippen molar-refractivity contribution in [3.63, 3.8) is 0 Å². The van der Waals surface area contributed by atoms with Crippen molar-refractivity contribution in [3.05, 3.63) is 105 Å². The smallest absolute Gasteiger partial charge is 0.328 e. The molecule has 0 fully saturated rings. The van der Waals surface area contributed by atoms with Crippen LogP contribution in [0.3, 0.4) is 0 Å². The molecule has 0 aliphatic heterocycles. The molecule has 0 amide bonds. The highest BCUT2D eigenvalue weighted by molar-refractivity contribution is 5.81. The Balaban J connectivity index is 1.67. The van der Waals surface area contributed by atoms with Gasteiger partial charge >= 0.3 is 5.69 Å². The number of aromatic hydroxyl groups is 1. The third kappa shape index (κ3) is 3.67. The van der Waals surface area contributed by atoms with Gasteiger partial charge < -0.3 is 10.1 Å². The van der Waals surface area contributed by atoms with Gasteiger partial charge in [0.1, 0.15) is 0 Å². The molecule has 0 saturated carbocycles. The minimum atomic E-state index is -0.324. The summed E-state index contributed by atoms with van der Waals surface area (Å²) in [5.41, 5.74) is 7.72. The van der Waals surface area contributed by atoms with E-state index in [0.29, 0.717) is 6.54 Å². The van der Waals surface area contributed by atoms with E-state index in [9.17, 15) is 9.90 Å². The number of nitrogens with one attached hydrogen (secondary N) is 1. The zero-order valence-electron chi connectivity index (χ0n) is 18.9. The first-order valence-electron chi connectivity index (χ1n) is 10.6. The molecule has 2 N–H and O–H groups in total. The summed E-state index contributed by atoms with van der Waals surface area (Å²) in [5, 5.41) is 9.80. The van der Waals surface area contributed by atoms with Crippen molar-refractivity contribution in [1.29, 1.82) is 0 Å². The van der Waals surface area contributed by atoms with Gasteiger partial charge in [-0.2, -0.15) is 0 Å². The number of nitrogens with zero attached hydrogens (tertiary/aromatic N) is 1. The topological polar surface area (TPSA) is 58.0 Å². The van der Waals surface area contributed by atoms with Crippen LogP contribution in [0.25, 0.3) is 5.57 Å². The SMILES string of the molecule is C=C(c1ccc(Cn2c(O)c[nH]c2=O)cc1)c1cc2c(cc1C)C(C)(C)C=CC2(C)C. The lowest BCUT2D eigenvalue weighted by Crippen LogP contribution is -2.29. The van der Waals surface area contributed by atoms with E-state index in [1.54, 1.807) is 0 Å². The van der Waals surface area contributed by atoms with Crippen LogP contribution in [0.2, 0.25) is 0 Å². The maximum atomic E-state index is 11.8. The van der Waals surface area contributed by atoms with Crippen LogP contribution in [0.1, 0.15) is 61.1 Å². The molecule has 0 unspecified atom stereocenters. The van der Waals surface area contributed by atoms with E-state index in [0.717, 1.165) is 22.3 Å². The van der Waals surface area contributed by atoms with E-state index < -0.39 is 0 Å². The predicted octanol–water partition coefficient (Wildman–Crippen LogP) is 5.43.